The second-order valence-corrected chi connectivity index (χ2v) is 4.97. The Kier molecular flexibility index (Phi) is 4.65. The standard InChI is InChI=1S/C13H17F2N3O2/c1-13(2,12(20)17-3)6-18-11(19)9-7(14)4-5-8(16)10(9)15/h4-5H,6,16H2,1-3H3,(H,17,20)(H,18,19). The quantitative estimate of drug-likeness (QED) is 0.723. The Bertz CT molecular complexity index is 545. The van der Waals surface area contributed by atoms with Crippen molar-refractivity contribution in [3.8, 4) is 0 Å². The zero-order valence-electron chi connectivity index (χ0n) is 11.5. The number of carbonyl (C=O) groups excluding carboxylic acids is 2. The van der Waals surface area contributed by atoms with E-state index in [4.69, 9.17) is 5.73 Å². The highest BCUT2D eigenvalue weighted by molar-refractivity contribution is 5.96. The first kappa shape index (κ1) is 15.9. The topological polar surface area (TPSA) is 84.2 Å². The summed E-state index contributed by atoms with van der Waals surface area (Å²) in [5, 5.41) is 4.77. The largest absolute Gasteiger partial charge is 0.396 e. The van der Waals surface area contributed by atoms with Crippen LogP contribution in [0.15, 0.2) is 12.1 Å². The molecule has 2 amide bonds. The predicted molar refractivity (Wildman–Crippen MR) is 71.0 cm³/mol. The van der Waals surface area contributed by atoms with Gasteiger partial charge < -0.3 is 16.4 Å². The third-order valence-electron chi connectivity index (χ3n) is 2.88. The molecule has 0 radical (unpaired) electrons. The van der Waals surface area contributed by atoms with E-state index in [1.54, 1.807) is 13.8 Å². The van der Waals surface area contributed by atoms with Gasteiger partial charge in [0.2, 0.25) is 5.91 Å². The highest BCUT2D eigenvalue weighted by Crippen LogP contribution is 2.19. The molecule has 7 heteroatoms. The number of hydrogen-bond donors (Lipinski definition) is 3. The molecule has 0 saturated heterocycles. The molecule has 0 aromatic heterocycles. The molecule has 0 heterocycles. The van der Waals surface area contributed by atoms with E-state index >= 15 is 0 Å². The lowest BCUT2D eigenvalue weighted by Crippen LogP contribution is -2.44. The Labute approximate surface area is 115 Å². The number of nitrogens with one attached hydrogen (secondary N) is 2. The Morgan fingerprint density at radius 2 is 1.90 bits per heavy atom. The summed E-state index contributed by atoms with van der Waals surface area (Å²) >= 11 is 0. The molecule has 0 bridgehead atoms. The number of amides is 2. The van der Waals surface area contributed by atoms with Gasteiger partial charge >= 0.3 is 0 Å². The average Bonchev–Trinajstić information content (AvgIpc) is 2.40. The summed E-state index contributed by atoms with van der Waals surface area (Å²) in [6.07, 6.45) is 0. The third kappa shape index (κ3) is 3.23. The van der Waals surface area contributed by atoms with E-state index in [1.807, 2.05) is 0 Å². The van der Waals surface area contributed by atoms with Gasteiger partial charge in [0.25, 0.3) is 5.91 Å². The first-order valence-corrected chi connectivity index (χ1v) is 5.94. The predicted octanol–water partition coefficient (Wildman–Crippen LogP) is 1.05. The van der Waals surface area contributed by atoms with E-state index in [0.717, 1.165) is 12.1 Å². The lowest BCUT2D eigenvalue weighted by molar-refractivity contribution is -0.128. The molecule has 20 heavy (non-hydrogen) atoms. The van der Waals surface area contributed by atoms with E-state index < -0.39 is 28.5 Å². The molecule has 0 aliphatic carbocycles. The Hall–Kier alpha value is -2.18. The van der Waals surface area contributed by atoms with E-state index in [9.17, 15) is 18.4 Å². The minimum absolute atomic E-state index is 0.0703. The molecule has 0 fully saturated rings. The summed E-state index contributed by atoms with van der Waals surface area (Å²) in [6, 6.07) is 1.95. The maximum Gasteiger partial charge on any atom is 0.257 e. The van der Waals surface area contributed by atoms with Gasteiger partial charge in [0.15, 0.2) is 5.82 Å². The van der Waals surface area contributed by atoms with Crippen molar-refractivity contribution in [2.75, 3.05) is 19.3 Å². The summed E-state index contributed by atoms with van der Waals surface area (Å²) in [4.78, 5) is 23.4. The molecule has 0 aliphatic rings. The van der Waals surface area contributed by atoms with E-state index in [2.05, 4.69) is 10.6 Å². The minimum atomic E-state index is -1.11. The van der Waals surface area contributed by atoms with Gasteiger partial charge in [-0.05, 0) is 26.0 Å². The van der Waals surface area contributed by atoms with Crippen molar-refractivity contribution in [3.63, 3.8) is 0 Å². The molecule has 0 aliphatic heterocycles. The van der Waals surface area contributed by atoms with Gasteiger partial charge in [-0.1, -0.05) is 0 Å². The number of carbonyl (C=O) groups is 2. The maximum absolute atomic E-state index is 13.7. The van der Waals surface area contributed by atoms with Crippen LogP contribution in [0.4, 0.5) is 14.5 Å². The smallest absolute Gasteiger partial charge is 0.257 e. The van der Waals surface area contributed by atoms with Crippen LogP contribution in [0, 0.1) is 17.0 Å². The first-order valence-electron chi connectivity index (χ1n) is 5.94. The van der Waals surface area contributed by atoms with Crippen LogP contribution in [0.5, 0.6) is 0 Å². The van der Waals surface area contributed by atoms with Gasteiger partial charge in [-0.3, -0.25) is 9.59 Å². The molecule has 4 N–H and O–H groups in total. The number of benzene rings is 1. The molecule has 5 nitrogen and oxygen atoms in total. The fraction of sp³-hybridized carbons (Fsp3) is 0.385. The van der Waals surface area contributed by atoms with Crippen molar-refractivity contribution in [2.24, 2.45) is 5.41 Å². The van der Waals surface area contributed by atoms with E-state index in [1.165, 1.54) is 7.05 Å². The minimum Gasteiger partial charge on any atom is -0.396 e. The van der Waals surface area contributed by atoms with Crippen LogP contribution in [0.25, 0.3) is 0 Å². The molecule has 0 saturated carbocycles. The van der Waals surface area contributed by atoms with Crippen molar-refractivity contribution >= 4 is 17.5 Å². The van der Waals surface area contributed by atoms with Crippen LogP contribution in [0.3, 0.4) is 0 Å². The molecular weight excluding hydrogens is 268 g/mol. The third-order valence-corrected chi connectivity index (χ3v) is 2.88. The molecule has 110 valence electrons. The zero-order chi connectivity index (χ0) is 15.5. The number of anilines is 1. The SMILES string of the molecule is CNC(=O)C(C)(C)CNC(=O)c1c(F)ccc(N)c1F. The second kappa shape index (κ2) is 5.85. The van der Waals surface area contributed by atoms with Crippen LogP contribution in [0.2, 0.25) is 0 Å². The molecule has 1 rings (SSSR count). The van der Waals surface area contributed by atoms with Gasteiger partial charge in [0, 0.05) is 13.6 Å². The zero-order valence-corrected chi connectivity index (χ0v) is 11.5. The second-order valence-electron chi connectivity index (χ2n) is 4.97. The van der Waals surface area contributed by atoms with Gasteiger partial charge in [0.1, 0.15) is 11.4 Å². The molecular formula is C13H17F2N3O2. The van der Waals surface area contributed by atoms with Crippen LogP contribution in [-0.2, 0) is 4.79 Å². The van der Waals surface area contributed by atoms with Crippen molar-refractivity contribution < 1.29 is 18.4 Å². The summed E-state index contributed by atoms with van der Waals surface area (Å²) in [7, 11) is 1.46. The molecule has 0 atom stereocenters. The van der Waals surface area contributed by atoms with Gasteiger partial charge in [-0.2, -0.15) is 0 Å². The highest BCUT2D eigenvalue weighted by atomic mass is 19.1. The number of hydrogen-bond acceptors (Lipinski definition) is 3. The fourth-order valence-corrected chi connectivity index (χ4v) is 1.59. The van der Waals surface area contributed by atoms with E-state index in [-0.39, 0.29) is 18.1 Å². The van der Waals surface area contributed by atoms with Gasteiger partial charge in [-0.15, -0.1) is 0 Å². The number of nitrogen functional groups attached to an aromatic ring is 1. The lowest BCUT2D eigenvalue weighted by atomic mass is 9.92. The summed E-state index contributed by atoms with van der Waals surface area (Å²) < 4.78 is 27.1. The first-order chi connectivity index (χ1) is 9.20. The number of halogens is 2. The van der Waals surface area contributed by atoms with Gasteiger partial charge in [-0.25, -0.2) is 8.78 Å². The highest BCUT2D eigenvalue weighted by Gasteiger charge is 2.28. The molecule has 0 spiro atoms. The Morgan fingerprint density at radius 1 is 1.30 bits per heavy atom. The maximum atomic E-state index is 13.7. The van der Waals surface area contributed by atoms with Crippen molar-refractivity contribution in [3.05, 3.63) is 29.3 Å². The number of rotatable bonds is 4. The lowest BCUT2D eigenvalue weighted by Gasteiger charge is -2.23. The van der Waals surface area contributed by atoms with Crippen LogP contribution in [-0.4, -0.2) is 25.4 Å². The molecule has 1 aromatic carbocycles. The Balaban J connectivity index is 2.89. The van der Waals surface area contributed by atoms with Crippen molar-refractivity contribution in [1.29, 1.82) is 0 Å². The average molecular weight is 285 g/mol. The molecule has 0 unspecified atom stereocenters. The fourth-order valence-electron chi connectivity index (χ4n) is 1.59. The van der Waals surface area contributed by atoms with E-state index in [0.29, 0.717) is 0 Å². The van der Waals surface area contributed by atoms with Crippen molar-refractivity contribution in [2.45, 2.75) is 13.8 Å². The van der Waals surface area contributed by atoms with Gasteiger partial charge in [0.05, 0.1) is 11.1 Å². The van der Waals surface area contributed by atoms with Crippen LogP contribution >= 0.6 is 0 Å². The molecule has 1 aromatic rings. The normalized spacial score (nSPS) is 11.1. The number of nitrogens with two attached hydrogens (primary N) is 1. The summed E-state index contributed by atoms with van der Waals surface area (Å²) in [5.74, 6) is -3.37. The van der Waals surface area contributed by atoms with Crippen molar-refractivity contribution in [1.82, 2.24) is 10.6 Å². The van der Waals surface area contributed by atoms with Crippen LogP contribution < -0.4 is 16.4 Å². The monoisotopic (exact) mass is 285 g/mol. The summed E-state index contributed by atoms with van der Waals surface area (Å²) in [5.41, 5.74) is 3.32. The van der Waals surface area contributed by atoms with Crippen LogP contribution in [0.1, 0.15) is 24.2 Å². The summed E-state index contributed by atoms with van der Waals surface area (Å²) in [6.45, 7) is 3.12. The Morgan fingerprint density at radius 3 is 2.45 bits per heavy atom.